The number of carbonyl (C=O) groups is 1. The zero-order valence-electron chi connectivity index (χ0n) is 23.6. The van der Waals surface area contributed by atoms with Gasteiger partial charge in [-0.2, -0.15) is 5.26 Å². The van der Waals surface area contributed by atoms with Crippen LogP contribution in [0.3, 0.4) is 0 Å². The predicted molar refractivity (Wildman–Crippen MR) is 156 cm³/mol. The van der Waals surface area contributed by atoms with Gasteiger partial charge in [-0.3, -0.25) is 0 Å². The molecule has 5 rings (SSSR count). The molecular weight excluding hydrogens is 551 g/mol. The molecule has 0 aromatic heterocycles. The van der Waals surface area contributed by atoms with E-state index < -0.39 is 11.9 Å². The maximum absolute atomic E-state index is 13.2. The maximum Gasteiger partial charge on any atom is 0.349 e. The Morgan fingerprint density at radius 1 is 0.930 bits per heavy atom. The van der Waals surface area contributed by atoms with Crippen LogP contribution in [0.5, 0.6) is 28.7 Å². The Morgan fingerprint density at radius 3 is 2.35 bits per heavy atom. The van der Waals surface area contributed by atoms with Crippen molar-refractivity contribution in [3.05, 3.63) is 124 Å². The molecule has 0 bridgehead atoms. The molecule has 4 aromatic rings. The van der Waals surface area contributed by atoms with Crippen LogP contribution in [0.2, 0.25) is 0 Å². The van der Waals surface area contributed by atoms with Crippen molar-refractivity contribution in [3.8, 4) is 34.8 Å². The van der Waals surface area contributed by atoms with E-state index in [-0.39, 0.29) is 36.2 Å². The summed E-state index contributed by atoms with van der Waals surface area (Å²) < 4.78 is 41.5. The Morgan fingerprint density at radius 2 is 1.65 bits per heavy atom. The summed E-state index contributed by atoms with van der Waals surface area (Å²) in [7, 11) is 1.52. The molecule has 43 heavy (non-hydrogen) atoms. The maximum atomic E-state index is 13.2. The number of nitrogens with zero attached hydrogens (tertiary/aromatic N) is 1. The minimum Gasteiger partial charge on any atom is -0.493 e. The molecule has 0 saturated heterocycles. The van der Waals surface area contributed by atoms with Gasteiger partial charge in [0.05, 0.1) is 13.0 Å². The summed E-state index contributed by atoms with van der Waals surface area (Å²) in [6.07, 6.45) is 0.908. The molecular formula is C34H29FN2O6. The Bertz CT molecular complexity index is 1690. The summed E-state index contributed by atoms with van der Waals surface area (Å²) in [6.45, 7) is 2.00. The van der Waals surface area contributed by atoms with Crippen LogP contribution < -0.4 is 29.4 Å². The van der Waals surface area contributed by atoms with E-state index in [0.29, 0.717) is 34.1 Å². The van der Waals surface area contributed by atoms with Crippen molar-refractivity contribution in [2.24, 2.45) is 5.73 Å². The molecule has 0 fully saturated rings. The third-order valence-corrected chi connectivity index (χ3v) is 6.94. The second-order valence-electron chi connectivity index (χ2n) is 9.71. The van der Waals surface area contributed by atoms with E-state index in [2.05, 4.69) is 13.0 Å². The van der Waals surface area contributed by atoms with E-state index in [1.807, 2.05) is 18.2 Å². The average Bonchev–Trinajstić information content (AvgIpc) is 3.03. The number of hydrogen-bond acceptors (Lipinski definition) is 8. The molecule has 1 aliphatic heterocycles. The fourth-order valence-corrected chi connectivity index (χ4v) is 4.69. The Hall–Kier alpha value is -5.49. The number of methoxy groups -OCH3 is 1. The molecule has 218 valence electrons. The number of esters is 1. The summed E-state index contributed by atoms with van der Waals surface area (Å²) in [5.74, 6) is 0.523. The largest absolute Gasteiger partial charge is 0.493 e. The van der Waals surface area contributed by atoms with E-state index in [1.165, 1.54) is 24.8 Å². The molecule has 1 heterocycles. The predicted octanol–water partition coefficient (Wildman–Crippen LogP) is 6.18. The summed E-state index contributed by atoms with van der Waals surface area (Å²) in [5, 5.41) is 9.95. The lowest BCUT2D eigenvalue weighted by Crippen LogP contribution is -2.22. The Kier molecular flexibility index (Phi) is 8.77. The number of carbonyl (C=O) groups excluding carboxylic acids is 1. The Labute approximate surface area is 248 Å². The third-order valence-electron chi connectivity index (χ3n) is 6.94. The SMILES string of the molecule is CCc1ccc(OCC(=O)Oc2ccc3c(c2)OC(N)=C(C#N)C3c2ccc(OCc3ccc(F)cc3)c(OC)c2)cc1. The molecule has 0 aliphatic carbocycles. The van der Waals surface area contributed by atoms with Gasteiger partial charge in [0, 0.05) is 11.6 Å². The van der Waals surface area contributed by atoms with Crippen molar-refractivity contribution < 1.29 is 32.9 Å². The molecule has 2 N–H and O–H groups in total. The first-order valence-electron chi connectivity index (χ1n) is 13.6. The normalized spacial score (nSPS) is 13.8. The minimum atomic E-state index is -0.589. The molecule has 0 radical (unpaired) electrons. The lowest BCUT2D eigenvalue weighted by molar-refractivity contribution is -0.136. The highest BCUT2D eigenvalue weighted by molar-refractivity contribution is 5.74. The number of allylic oxidation sites excluding steroid dienone is 1. The van der Waals surface area contributed by atoms with Crippen LogP contribution >= 0.6 is 0 Å². The number of nitriles is 1. The van der Waals surface area contributed by atoms with Crippen molar-refractivity contribution in [1.29, 1.82) is 5.26 Å². The van der Waals surface area contributed by atoms with Crippen LogP contribution in [0.15, 0.2) is 96.4 Å². The number of rotatable bonds is 10. The first kappa shape index (κ1) is 29.0. The summed E-state index contributed by atoms with van der Waals surface area (Å²) in [6, 6.07) is 25.9. The van der Waals surface area contributed by atoms with Crippen molar-refractivity contribution in [2.75, 3.05) is 13.7 Å². The first-order valence-corrected chi connectivity index (χ1v) is 13.6. The van der Waals surface area contributed by atoms with Crippen molar-refractivity contribution in [3.63, 3.8) is 0 Å². The van der Waals surface area contributed by atoms with Crippen LogP contribution in [0.4, 0.5) is 4.39 Å². The van der Waals surface area contributed by atoms with E-state index in [0.717, 1.165) is 12.0 Å². The highest BCUT2D eigenvalue weighted by Crippen LogP contribution is 2.45. The van der Waals surface area contributed by atoms with Crippen LogP contribution in [-0.2, 0) is 17.8 Å². The number of aryl methyl sites for hydroxylation is 1. The second kappa shape index (κ2) is 13.0. The van der Waals surface area contributed by atoms with Gasteiger partial charge >= 0.3 is 5.97 Å². The highest BCUT2D eigenvalue weighted by atomic mass is 19.1. The van der Waals surface area contributed by atoms with E-state index in [1.54, 1.807) is 54.6 Å². The Balaban J connectivity index is 1.33. The molecule has 0 amide bonds. The third kappa shape index (κ3) is 6.71. The van der Waals surface area contributed by atoms with Gasteiger partial charge in [-0.05, 0) is 65.6 Å². The van der Waals surface area contributed by atoms with Crippen LogP contribution in [0.25, 0.3) is 0 Å². The molecule has 8 nitrogen and oxygen atoms in total. The van der Waals surface area contributed by atoms with Crippen LogP contribution in [0.1, 0.15) is 35.1 Å². The van der Waals surface area contributed by atoms with Gasteiger partial charge in [0.1, 0.15) is 41.3 Å². The number of ether oxygens (including phenoxy) is 5. The number of fused-ring (bicyclic) bond motifs is 1. The molecule has 1 aliphatic rings. The molecule has 1 atom stereocenters. The quantitative estimate of drug-likeness (QED) is 0.175. The monoisotopic (exact) mass is 580 g/mol. The van der Waals surface area contributed by atoms with Crippen molar-refractivity contribution in [1.82, 2.24) is 0 Å². The van der Waals surface area contributed by atoms with Gasteiger partial charge < -0.3 is 29.4 Å². The topological polar surface area (TPSA) is 113 Å². The number of benzene rings is 4. The lowest BCUT2D eigenvalue weighted by Gasteiger charge is -2.27. The van der Waals surface area contributed by atoms with Gasteiger partial charge in [0.2, 0.25) is 5.88 Å². The molecule has 4 aromatic carbocycles. The fraction of sp³-hybridized carbons (Fsp3) is 0.176. The lowest BCUT2D eigenvalue weighted by atomic mass is 9.83. The van der Waals surface area contributed by atoms with Gasteiger partial charge in [0.25, 0.3) is 0 Å². The summed E-state index contributed by atoms with van der Waals surface area (Å²) >= 11 is 0. The highest BCUT2D eigenvalue weighted by Gasteiger charge is 2.32. The van der Waals surface area contributed by atoms with E-state index >= 15 is 0 Å². The van der Waals surface area contributed by atoms with Gasteiger partial charge in [-0.1, -0.05) is 43.3 Å². The van der Waals surface area contributed by atoms with E-state index in [9.17, 15) is 14.4 Å². The molecule has 0 spiro atoms. The minimum absolute atomic E-state index is 0.0575. The molecule has 9 heteroatoms. The van der Waals surface area contributed by atoms with Crippen molar-refractivity contribution >= 4 is 5.97 Å². The van der Waals surface area contributed by atoms with Gasteiger partial charge in [0.15, 0.2) is 18.1 Å². The van der Waals surface area contributed by atoms with Crippen molar-refractivity contribution in [2.45, 2.75) is 25.9 Å². The fourth-order valence-electron chi connectivity index (χ4n) is 4.69. The summed E-state index contributed by atoms with van der Waals surface area (Å²) in [4.78, 5) is 12.5. The van der Waals surface area contributed by atoms with Gasteiger partial charge in [-0.15, -0.1) is 0 Å². The smallest absolute Gasteiger partial charge is 0.349 e. The number of hydrogen-bond donors (Lipinski definition) is 1. The molecule has 1 unspecified atom stereocenters. The van der Waals surface area contributed by atoms with Crippen LogP contribution in [0, 0.1) is 17.1 Å². The second-order valence-corrected chi connectivity index (χ2v) is 9.71. The van der Waals surface area contributed by atoms with Crippen LogP contribution in [-0.4, -0.2) is 19.7 Å². The van der Waals surface area contributed by atoms with E-state index in [4.69, 9.17) is 29.4 Å². The first-order chi connectivity index (χ1) is 20.9. The number of nitrogens with two attached hydrogens (primary N) is 1. The average molecular weight is 581 g/mol. The summed E-state index contributed by atoms with van der Waals surface area (Å²) in [5.41, 5.74) is 9.71. The molecule has 0 saturated carbocycles. The zero-order valence-corrected chi connectivity index (χ0v) is 23.6. The zero-order chi connectivity index (χ0) is 30.3. The standard InChI is InChI=1S/C34H29FN2O6/c1-3-21-6-11-25(12-7-21)40-20-32(38)42-26-13-14-27-30(17-26)43-34(37)28(18-36)33(27)23-8-15-29(31(16-23)39-2)41-19-22-4-9-24(35)10-5-22/h4-17,33H,3,19-20,37H2,1-2H3. The van der Waals surface area contributed by atoms with Gasteiger partial charge in [-0.25, -0.2) is 9.18 Å². The number of halogens is 1.